The second kappa shape index (κ2) is 8.95. The summed E-state index contributed by atoms with van der Waals surface area (Å²) < 4.78 is 4.95. The molecule has 0 bridgehead atoms. The summed E-state index contributed by atoms with van der Waals surface area (Å²) in [5.74, 6) is -0.303. The van der Waals surface area contributed by atoms with E-state index in [-0.39, 0.29) is 12.5 Å². The van der Waals surface area contributed by atoms with Gasteiger partial charge in [0, 0.05) is 39.8 Å². The molecule has 6 nitrogen and oxygen atoms in total. The Morgan fingerprint density at radius 2 is 1.87 bits per heavy atom. The van der Waals surface area contributed by atoms with Crippen molar-refractivity contribution in [2.75, 3.05) is 46.4 Å². The number of amides is 2. The van der Waals surface area contributed by atoms with E-state index in [2.05, 4.69) is 34.5 Å². The van der Waals surface area contributed by atoms with E-state index >= 15 is 0 Å². The number of hydrogen-bond donors (Lipinski definition) is 1. The van der Waals surface area contributed by atoms with E-state index in [0.29, 0.717) is 13.1 Å². The maximum atomic E-state index is 11.8. The van der Waals surface area contributed by atoms with Crippen molar-refractivity contribution in [3.8, 4) is 0 Å². The van der Waals surface area contributed by atoms with Gasteiger partial charge < -0.3 is 15.0 Å². The zero-order valence-electron chi connectivity index (χ0n) is 13.4. The van der Waals surface area contributed by atoms with Gasteiger partial charge in [-0.15, -0.1) is 0 Å². The molecule has 124 valence electrons. The van der Waals surface area contributed by atoms with Crippen LogP contribution < -0.4 is 5.32 Å². The number of carbonyl (C=O) groups is 2. The van der Waals surface area contributed by atoms with Crippen LogP contribution in [0.4, 0.5) is 4.79 Å². The maximum absolute atomic E-state index is 11.8. The fourth-order valence-electron chi connectivity index (χ4n) is 2.31. The second-order valence-electron chi connectivity index (χ2n) is 5.33. The lowest BCUT2D eigenvalue weighted by Gasteiger charge is -2.33. The molecule has 1 fully saturated rings. The Bertz CT molecular complexity index is 537. The highest BCUT2D eigenvalue weighted by atomic mass is 16.6. The molecule has 1 saturated heterocycles. The molecule has 0 radical (unpaired) electrons. The summed E-state index contributed by atoms with van der Waals surface area (Å²) in [6, 6.07) is 10.2. The molecule has 1 aromatic carbocycles. The van der Waals surface area contributed by atoms with Gasteiger partial charge >= 0.3 is 6.09 Å². The van der Waals surface area contributed by atoms with Crippen molar-refractivity contribution in [3.05, 3.63) is 42.0 Å². The Morgan fingerprint density at radius 3 is 2.52 bits per heavy atom. The fraction of sp³-hybridized carbons (Fsp3) is 0.412. The molecule has 1 aliphatic rings. The predicted octanol–water partition coefficient (Wildman–Crippen LogP) is 1.20. The van der Waals surface area contributed by atoms with Crippen molar-refractivity contribution in [1.82, 2.24) is 15.1 Å². The molecule has 1 aromatic rings. The van der Waals surface area contributed by atoms with E-state index in [4.69, 9.17) is 4.74 Å². The van der Waals surface area contributed by atoms with Gasteiger partial charge in [-0.3, -0.25) is 9.69 Å². The lowest BCUT2D eigenvalue weighted by atomic mass is 10.2. The lowest BCUT2D eigenvalue weighted by Crippen LogP contribution is -2.49. The zero-order chi connectivity index (χ0) is 16.5. The molecule has 1 heterocycles. The minimum atomic E-state index is -0.423. The van der Waals surface area contributed by atoms with E-state index in [1.165, 1.54) is 12.6 Å². The first-order valence-electron chi connectivity index (χ1n) is 7.75. The summed E-state index contributed by atoms with van der Waals surface area (Å²) in [6.45, 7) is 3.46. The molecule has 23 heavy (non-hydrogen) atoms. The van der Waals surface area contributed by atoms with Gasteiger partial charge in [-0.25, -0.2) is 4.79 Å². The lowest BCUT2D eigenvalue weighted by molar-refractivity contribution is -0.123. The third-order valence-corrected chi connectivity index (χ3v) is 3.71. The SMILES string of the molecule is CNC(=O)COC(=O)N1CCN(C/C=C/c2ccccc2)CC1. The van der Waals surface area contributed by atoms with Crippen LogP contribution in [0, 0.1) is 0 Å². The van der Waals surface area contributed by atoms with E-state index < -0.39 is 6.09 Å². The molecule has 0 unspecified atom stereocenters. The Morgan fingerprint density at radius 1 is 1.17 bits per heavy atom. The van der Waals surface area contributed by atoms with E-state index in [9.17, 15) is 9.59 Å². The smallest absolute Gasteiger partial charge is 0.410 e. The van der Waals surface area contributed by atoms with Crippen LogP contribution in [0.3, 0.4) is 0 Å². The Kier molecular flexibility index (Phi) is 6.62. The average Bonchev–Trinajstić information content (AvgIpc) is 2.61. The molecular weight excluding hydrogens is 294 g/mol. The largest absolute Gasteiger partial charge is 0.439 e. The summed E-state index contributed by atoms with van der Waals surface area (Å²) in [5, 5.41) is 2.42. The molecule has 0 spiro atoms. The first kappa shape index (κ1) is 17.0. The number of likely N-dealkylation sites (N-methyl/N-ethyl adjacent to an activating group) is 1. The van der Waals surface area contributed by atoms with Crippen LogP contribution in [0.5, 0.6) is 0 Å². The maximum Gasteiger partial charge on any atom is 0.410 e. The number of piperazine rings is 1. The molecular formula is C17H23N3O3. The van der Waals surface area contributed by atoms with Crippen LogP contribution in [0.1, 0.15) is 5.56 Å². The van der Waals surface area contributed by atoms with Crippen molar-refractivity contribution in [2.45, 2.75) is 0 Å². The van der Waals surface area contributed by atoms with Gasteiger partial charge in [0.25, 0.3) is 5.91 Å². The van der Waals surface area contributed by atoms with Gasteiger partial charge in [-0.05, 0) is 5.56 Å². The highest BCUT2D eigenvalue weighted by Gasteiger charge is 2.21. The van der Waals surface area contributed by atoms with Gasteiger partial charge in [0.1, 0.15) is 0 Å². The summed E-state index contributed by atoms with van der Waals surface area (Å²) in [4.78, 5) is 26.8. The minimum Gasteiger partial charge on any atom is -0.439 e. The van der Waals surface area contributed by atoms with E-state index in [0.717, 1.165) is 19.6 Å². The number of rotatable bonds is 5. The van der Waals surface area contributed by atoms with Crippen LogP contribution in [-0.4, -0.2) is 68.2 Å². The number of benzene rings is 1. The predicted molar refractivity (Wildman–Crippen MR) is 88.9 cm³/mol. The van der Waals surface area contributed by atoms with Crippen molar-refractivity contribution < 1.29 is 14.3 Å². The standard InChI is InChI=1S/C17H23N3O3/c1-18-16(21)14-23-17(22)20-12-10-19(11-13-20)9-5-8-15-6-3-2-4-7-15/h2-8H,9-14H2,1H3,(H,18,21)/b8-5+. The summed E-state index contributed by atoms with van der Waals surface area (Å²) in [5.41, 5.74) is 1.18. The molecule has 0 aliphatic carbocycles. The van der Waals surface area contributed by atoms with Gasteiger partial charge in [-0.2, -0.15) is 0 Å². The topological polar surface area (TPSA) is 61.9 Å². The van der Waals surface area contributed by atoms with Crippen LogP contribution >= 0.6 is 0 Å². The third kappa shape index (κ3) is 5.75. The van der Waals surface area contributed by atoms with E-state index in [1.54, 1.807) is 4.90 Å². The fourth-order valence-corrected chi connectivity index (χ4v) is 2.31. The quantitative estimate of drug-likeness (QED) is 0.886. The Labute approximate surface area is 136 Å². The van der Waals surface area contributed by atoms with E-state index in [1.807, 2.05) is 18.2 Å². The summed E-state index contributed by atoms with van der Waals surface area (Å²) >= 11 is 0. The van der Waals surface area contributed by atoms with Gasteiger partial charge in [0.15, 0.2) is 6.61 Å². The van der Waals surface area contributed by atoms with Gasteiger partial charge in [0.05, 0.1) is 0 Å². The summed E-state index contributed by atoms with van der Waals surface area (Å²) in [6.07, 6.45) is 3.81. The highest BCUT2D eigenvalue weighted by Crippen LogP contribution is 2.05. The van der Waals surface area contributed by atoms with Crippen molar-refractivity contribution >= 4 is 18.1 Å². The first-order chi connectivity index (χ1) is 11.2. The van der Waals surface area contributed by atoms with Crippen molar-refractivity contribution in [3.63, 3.8) is 0 Å². The number of nitrogens with zero attached hydrogens (tertiary/aromatic N) is 2. The molecule has 0 aromatic heterocycles. The molecule has 1 aliphatic heterocycles. The molecule has 0 saturated carbocycles. The van der Waals surface area contributed by atoms with Crippen molar-refractivity contribution in [2.24, 2.45) is 0 Å². The first-order valence-corrected chi connectivity index (χ1v) is 7.75. The zero-order valence-corrected chi connectivity index (χ0v) is 13.4. The third-order valence-electron chi connectivity index (χ3n) is 3.71. The molecule has 1 N–H and O–H groups in total. The number of hydrogen-bond acceptors (Lipinski definition) is 4. The molecule has 0 atom stereocenters. The van der Waals surface area contributed by atoms with Crippen LogP contribution in [0.2, 0.25) is 0 Å². The minimum absolute atomic E-state index is 0.227. The molecule has 6 heteroatoms. The van der Waals surface area contributed by atoms with Crippen LogP contribution in [0.15, 0.2) is 36.4 Å². The number of ether oxygens (including phenoxy) is 1. The van der Waals surface area contributed by atoms with Gasteiger partial charge in [-0.1, -0.05) is 42.5 Å². The highest BCUT2D eigenvalue weighted by molar-refractivity contribution is 5.79. The van der Waals surface area contributed by atoms with Gasteiger partial charge in [0.2, 0.25) is 0 Å². The van der Waals surface area contributed by atoms with Crippen LogP contribution in [0.25, 0.3) is 6.08 Å². The number of nitrogens with one attached hydrogen (secondary N) is 1. The normalized spacial score (nSPS) is 15.6. The Balaban J connectivity index is 1.68. The average molecular weight is 317 g/mol. The second-order valence-corrected chi connectivity index (χ2v) is 5.33. The van der Waals surface area contributed by atoms with Crippen LogP contribution in [-0.2, 0) is 9.53 Å². The Hall–Kier alpha value is -2.34. The van der Waals surface area contributed by atoms with Crippen molar-refractivity contribution in [1.29, 1.82) is 0 Å². The molecule has 2 rings (SSSR count). The monoisotopic (exact) mass is 317 g/mol. The molecule has 2 amide bonds. The summed E-state index contributed by atoms with van der Waals surface area (Å²) in [7, 11) is 1.51. The number of carbonyl (C=O) groups excluding carboxylic acids is 2.